The average molecular weight is 146 g/mol. The van der Waals surface area contributed by atoms with E-state index in [-0.39, 0.29) is 12.7 Å². The van der Waals surface area contributed by atoms with Crippen molar-refractivity contribution in [3.63, 3.8) is 0 Å². The maximum Gasteiger partial charge on any atom is 0.143 e. The fourth-order valence-electron chi connectivity index (χ4n) is 1.46. The number of aliphatic hydroxyl groups excluding tert-OH is 2. The number of hydrogen-bond acceptors (Lipinski definition) is 4. The maximum absolute atomic E-state index is 9.37. The molecular weight excluding hydrogens is 136 g/mol. The zero-order chi connectivity index (χ0) is 7.19. The third-order valence-corrected chi connectivity index (χ3v) is 2.24. The van der Waals surface area contributed by atoms with Crippen LogP contribution in [0.2, 0.25) is 0 Å². The Balaban J connectivity index is 2.22. The van der Waals surface area contributed by atoms with Gasteiger partial charge in [-0.1, -0.05) is 0 Å². The van der Waals surface area contributed by atoms with Gasteiger partial charge in [0.05, 0.1) is 19.8 Å². The lowest BCUT2D eigenvalue weighted by Gasteiger charge is -2.23. The molecule has 2 heterocycles. The Hall–Kier alpha value is -0.160. The van der Waals surface area contributed by atoms with E-state index in [1.165, 1.54) is 0 Å². The van der Waals surface area contributed by atoms with Gasteiger partial charge in [0.2, 0.25) is 0 Å². The van der Waals surface area contributed by atoms with E-state index in [1.807, 2.05) is 0 Å². The minimum atomic E-state index is -0.801. The summed E-state index contributed by atoms with van der Waals surface area (Å²) >= 11 is 0. The fourth-order valence-corrected chi connectivity index (χ4v) is 1.46. The zero-order valence-electron chi connectivity index (χ0n) is 5.49. The van der Waals surface area contributed by atoms with Gasteiger partial charge in [0.15, 0.2) is 0 Å². The van der Waals surface area contributed by atoms with Crippen molar-refractivity contribution in [3.05, 3.63) is 0 Å². The van der Waals surface area contributed by atoms with Crippen molar-refractivity contribution in [2.45, 2.75) is 17.8 Å². The first-order valence-corrected chi connectivity index (χ1v) is 3.33. The first-order chi connectivity index (χ1) is 4.78. The van der Waals surface area contributed by atoms with Crippen molar-refractivity contribution < 1.29 is 19.7 Å². The Morgan fingerprint density at radius 3 is 2.60 bits per heavy atom. The molecule has 0 aromatic carbocycles. The van der Waals surface area contributed by atoms with Crippen LogP contribution >= 0.6 is 0 Å². The average Bonchev–Trinajstić information content (AvgIpc) is 2.46. The van der Waals surface area contributed by atoms with Crippen molar-refractivity contribution in [1.82, 2.24) is 0 Å². The Labute approximate surface area is 58.4 Å². The van der Waals surface area contributed by atoms with Crippen LogP contribution in [-0.4, -0.2) is 47.8 Å². The summed E-state index contributed by atoms with van der Waals surface area (Å²) in [5, 5.41) is 18.2. The second-order valence-electron chi connectivity index (χ2n) is 2.83. The third-order valence-electron chi connectivity index (χ3n) is 2.24. The highest BCUT2D eigenvalue weighted by Crippen LogP contribution is 2.34. The predicted molar refractivity (Wildman–Crippen MR) is 31.5 cm³/mol. The summed E-state index contributed by atoms with van der Waals surface area (Å²) in [6.45, 7) is 0.557. The monoisotopic (exact) mass is 146 g/mol. The topological polar surface area (TPSA) is 58.9 Å². The Morgan fingerprint density at radius 1 is 1.60 bits per heavy atom. The van der Waals surface area contributed by atoms with Gasteiger partial charge in [-0.3, -0.25) is 0 Å². The first kappa shape index (κ1) is 6.54. The minimum Gasteiger partial charge on any atom is -0.393 e. The summed E-state index contributed by atoms with van der Waals surface area (Å²) in [6.07, 6.45) is -0.857. The number of aliphatic hydroxyl groups is 2. The molecule has 2 fully saturated rings. The molecule has 4 nitrogen and oxygen atoms in total. The van der Waals surface area contributed by atoms with Crippen molar-refractivity contribution >= 4 is 0 Å². The van der Waals surface area contributed by atoms with Crippen molar-refractivity contribution in [3.8, 4) is 0 Å². The van der Waals surface area contributed by atoms with E-state index in [0.717, 1.165) is 0 Å². The number of rotatable bonds is 1. The quantitative estimate of drug-likeness (QED) is 0.473. The van der Waals surface area contributed by atoms with Gasteiger partial charge in [0.25, 0.3) is 0 Å². The van der Waals surface area contributed by atoms with Crippen LogP contribution in [-0.2, 0) is 9.47 Å². The summed E-state index contributed by atoms with van der Waals surface area (Å²) in [5.74, 6) is 0. The lowest BCUT2D eigenvalue weighted by atomic mass is 10.0. The maximum atomic E-state index is 9.37. The van der Waals surface area contributed by atoms with Crippen molar-refractivity contribution in [2.75, 3.05) is 19.8 Å². The first-order valence-electron chi connectivity index (χ1n) is 3.33. The summed E-state index contributed by atoms with van der Waals surface area (Å²) in [7, 11) is 0. The molecular formula is C6H10O4. The fraction of sp³-hybridized carbons (Fsp3) is 1.00. The van der Waals surface area contributed by atoms with E-state index in [9.17, 15) is 5.11 Å². The molecule has 0 radical (unpaired) electrons. The molecule has 2 bridgehead atoms. The highest BCUT2D eigenvalue weighted by Gasteiger charge is 2.55. The van der Waals surface area contributed by atoms with Crippen LogP contribution in [0, 0.1) is 0 Å². The summed E-state index contributed by atoms with van der Waals surface area (Å²) in [5.41, 5.74) is -0.801. The Kier molecular flexibility index (Phi) is 1.25. The van der Waals surface area contributed by atoms with Crippen LogP contribution in [0.15, 0.2) is 0 Å². The Morgan fingerprint density at radius 2 is 2.40 bits per heavy atom. The molecule has 2 saturated heterocycles. The molecule has 0 aromatic heterocycles. The summed E-state index contributed by atoms with van der Waals surface area (Å²) in [6, 6.07) is 0. The lowest BCUT2D eigenvalue weighted by Crippen LogP contribution is -2.43. The molecule has 4 heteroatoms. The highest BCUT2D eigenvalue weighted by molar-refractivity contribution is 5.03. The molecule has 0 aliphatic carbocycles. The summed E-state index contributed by atoms with van der Waals surface area (Å²) in [4.78, 5) is 0. The Bertz CT molecular complexity index is 139. The molecule has 0 spiro atoms. The number of fused-ring (bicyclic) bond motifs is 2. The normalized spacial score (nSPS) is 52.2. The van der Waals surface area contributed by atoms with Gasteiger partial charge in [-0.2, -0.15) is 0 Å². The van der Waals surface area contributed by atoms with Crippen LogP contribution in [0.5, 0.6) is 0 Å². The van der Waals surface area contributed by atoms with Crippen molar-refractivity contribution in [2.24, 2.45) is 0 Å². The smallest absolute Gasteiger partial charge is 0.143 e. The van der Waals surface area contributed by atoms with Gasteiger partial charge in [-0.15, -0.1) is 0 Å². The van der Waals surface area contributed by atoms with Crippen LogP contribution in [0.3, 0.4) is 0 Å². The van der Waals surface area contributed by atoms with Crippen LogP contribution in [0.1, 0.15) is 0 Å². The van der Waals surface area contributed by atoms with Gasteiger partial charge >= 0.3 is 0 Å². The van der Waals surface area contributed by atoms with Gasteiger partial charge in [-0.05, 0) is 0 Å². The lowest BCUT2D eigenvalue weighted by molar-refractivity contribution is -0.122. The van der Waals surface area contributed by atoms with E-state index in [4.69, 9.17) is 14.6 Å². The van der Waals surface area contributed by atoms with Crippen molar-refractivity contribution in [1.29, 1.82) is 0 Å². The molecule has 0 aromatic rings. The molecule has 2 aliphatic heterocycles. The van der Waals surface area contributed by atoms with Crippen LogP contribution in [0.25, 0.3) is 0 Å². The SMILES string of the molecule is OCC12CO[C@H](CO1)[C@H]2O. The molecule has 10 heavy (non-hydrogen) atoms. The van der Waals surface area contributed by atoms with Gasteiger partial charge in [0, 0.05) is 0 Å². The molecule has 2 N–H and O–H groups in total. The van der Waals surface area contributed by atoms with Gasteiger partial charge in [-0.25, -0.2) is 0 Å². The van der Waals surface area contributed by atoms with Crippen LogP contribution < -0.4 is 0 Å². The largest absolute Gasteiger partial charge is 0.393 e. The zero-order valence-corrected chi connectivity index (χ0v) is 5.49. The van der Waals surface area contributed by atoms with E-state index in [2.05, 4.69) is 0 Å². The number of ether oxygens (including phenoxy) is 2. The molecule has 0 amide bonds. The molecule has 2 rings (SSSR count). The van der Waals surface area contributed by atoms with E-state index in [1.54, 1.807) is 0 Å². The minimum absolute atomic E-state index is 0.162. The predicted octanol–water partition coefficient (Wildman–Crippen LogP) is -1.49. The van der Waals surface area contributed by atoms with E-state index >= 15 is 0 Å². The molecule has 3 atom stereocenters. The highest BCUT2D eigenvalue weighted by atomic mass is 16.6. The molecule has 1 unspecified atom stereocenters. The molecule has 0 saturated carbocycles. The van der Waals surface area contributed by atoms with Crippen LogP contribution in [0.4, 0.5) is 0 Å². The second-order valence-corrected chi connectivity index (χ2v) is 2.83. The van der Waals surface area contributed by atoms with E-state index < -0.39 is 11.7 Å². The number of hydrogen-bond donors (Lipinski definition) is 2. The van der Waals surface area contributed by atoms with E-state index in [0.29, 0.717) is 13.2 Å². The standard InChI is InChI=1S/C6H10O4/c7-2-6-3-9-4(1-10-6)5(6)8/h4-5,7-8H,1-3H2/t4-,5-,6?/m1/s1. The van der Waals surface area contributed by atoms with Gasteiger partial charge in [0.1, 0.15) is 17.8 Å². The third kappa shape index (κ3) is 0.594. The van der Waals surface area contributed by atoms with Gasteiger partial charge < -0.3 is 19.7 Å². The second kappa shape index (κ2) is 1.92. The molecule has 58 valence electrons. The summed E-state index contributed by atoms with van der Waals surface area (Å²) < 4.78 is 10.3. The molecule has 2 aliphatic rings.